The van der Waals surface area contributed by atoms with Crippen LogP contribution in [-0.2, 0) is 17.4 Å². The van der Waals surface area contributed by atoms with Crippen molar-refractivity contribution in [3.8, 4) is 23.1 Å². The topological polar surface area (TPSA) is 99.6 Å². The number of alkyl halides is 2. The summed E-state index contributed by atoms with van der Waals surface area (Å²) in [5.41, 5.74) is 5.65. The smallest absolute Gasteiger partial charge is 0.496 e. The number of hydrogen-bond donors (Lipinski definition) is 1. The second-order valence-corrected chi connectivity index (χ2v) is 10.7. The molecule has 9 nitrogen and oxygen atoms in total. The molecule has 3 heterocycles. The Hall–Kier alpha value is -3.67. The predicted molar refractivity (Wildman–Crippen MR) is 137 cm³/mol. The van der Waals surface area contributed by atoms with E-state index in [2.05, 4.69) is 39.5 Å². The van der Waals surface area contributed by atoms with Crippen molar-refractivity contribution in [1.29, 1.82) is 0 Å². The van der Waals surface area contributed by atoms with Gasteiger partial charge in [0.1, 0.15) is 5.75 Å². The Kier molecular flexibility index (Phi) is 7.54. The molecule has 0 spiro atoms. The van der Waals surface area contributed by atoms with Gasteiger partial charge in [-0.15, -0.1) is 0 Å². The molecule has 0 fully saturated rings. The summed E-state index contributed by atoms with van der Waals surface area (Å²) in [5.74, 6) is 3.21. The van der Waals surface area contributed by atoms with Crippen LogP contribution in [0.3, 0.4) is 0 Å². The number of aryl methyl sites for hydroxylation is 1. The molecule has 5 rings (SSSR count). The summed E-state index contributed by atoms with van der Waals surface area (Å²) < 4.78 is 19.4. The zero-order chi connectivity index (χ0) is 25.8. The zero-order valence-corrected chi connectivity index (χ0v) is 23.3. The number of hydrogen-bond acceptors (Lipinski definition) is 8. The van der Waals surface area contributed by atoms with Crippen molar-refractivity contribution in [2.75, 3.05) is 24.5 Å². The second kappa shape index (κ2) is 11.2. The molecule has 1 N–H and O–H groups in total. The van der Waals surface area contributed by atoms with Crippen LogP contribution in [0.5, 0.6) is 11.5 Å². The zero-order valence-electron chi connectivity index (χ0n) is 21.2. The first-order valence-corrected chi connectivity index (χ1v) is 15.4. The van der Waals surface area contributed by atoms with Crippen LogP contribution in [0.25, 0.3) is 17.2 Å². The molecule has 0 saturated carbocycles. The van der Waals surface area contributed by atoms with Crippen LogP contribution in [0.2, 0.25) is 0 Å². The van der Waals surface area contributed by atoms with Crippen molar-refractivity contribution < 1.29 is 35.1 Å². The first-order chi connectivity index (χ1) is 18.1. The van der Waals surface area contributed by atoms with Gasteiger partial charge in [-0.3, -0.25) is 0 Å². The molecule has 3 aromatic heterocycles. The van der Waals surface area contributed by atoms with E-state index in [9.17, 15) is 0 Å². The predicted octanol–water partition coefficient (Wildman–Crippen LogP) is 1.53. The van der Waals surface area contributed by atoms with Gasteiger partial charge in [0, 0.05) is 6.07 Å². The van der Waals surface area contributed by atoms with Crippen molar-refractivity contribution in [2.45, 2.75) is 24.3 Å². The standard InChI is InChI=1S/C27H28IN6O3/c1-17-24(27-29-11-12-37-27)32-25(30-16-20-9-10-21(35-3)14-22(20)36-4)26-31-23(33-34(17)26)13-18-7-5-6-8-19(18)15-28-2/h5-12,14H,13,15-16H2,1-4H3,(H,30,32)/q-1. The number of halogens is 1. The van der Waals surface area contributed by atoms with E-state index in [-0.39, 0.29) is 21.2 Å². The van der Waals surface area contributed by atoms with Crippen molar-refractivity contribution in [3.05, 3.63) is 83.1 Å². The Morgan fingerprint density at radius 1 is 1.03 bits per heavy atom. The molecule has 10 heteroatoms. The fourth-order valence-electron chi connectivity index (χ4n) is 4.17. The molecule has 0 saturated heterocycles. The number of nitrogens with one attached hydrogen (secondary N) is 1. The van der Waals surface area contributed by atoms with E-state index in [0.717, 1.165) is 33.0 Å². The summed E-state index contributed by atoms with van der Waals surface area (Å²) in [4.78, 5) is 16.4. The normalized spacial score (nSPS) is 11.2. The third kappa shape index (κ3) is 5.24. The number of nitrogens with zero attached hydrogens (tertiary/aromatic N) is 5. The molecule has 0 aliphatic carbocycles. The van der Waals surface area contributed by atoms with Gasteiger partial charge in [-0.1, -0.05) is 0 Å². The average molecular weight is 611 g/mol. The Bertz CT molecular complexity index is 1520. The minimum absolute atomic E-state index is 0.142. The number of methoxy groups -OCH3 is 2. The van der Waals surface area contributed by atoms with Gasteiger partial charge in [0.15, 0.2) is 0 Å². The summed E-state index contributed by atoms with van der Waals surface area (Å²) >= 11 is 0.142. The van der Waals surface area contributed by atoms with Gasteiger partial charge in [0.25, 0.3) is 0 Å². The minimum atomic E-state index is 0.142. The molecule has 0 bridgehead atoms. The van der Waals surface area contributed by atoms with Crippen LogP contribution >= 0.6 is 0 Å². The van der Waals surface area contributed by atoms with Gasteiger partial charge in [-0.05, 0) is 6.07 Å². The monoisotopic (exact) mass is 611 g/mol. The van der Waals surface area contributed by atoms with Crippen molar-refractivity contribution >= 4 is 11.5 Å². The summed E-state index contributed by atoms with van der Waals surface area (Å²) in [5, 5.41) is 8.31. The number of fused-ring (bicyclic) bond motifs is 1. The summed E-state index contributed by atoms with van der Waals surface area (Å²) in [7, 11) is 3.28. The molecule has 2 aromatic carbocycles. The second-order valence-electron chi connectivity index (χ2n) is 8.37. The molecule has 0 amide bonds. The first kappa shape index (κ1) is 25.0. The van der Waals surface area contributed by atoms with E-state index in [4.69, 9.17) is 29.0 Å². The average Bonchev–Trinajstić information content (AvgIpc) is 3.60. The van der Waals surface area contributed by atoms with Gasteiger partial charge >= 0.3 is 185 Å². The number of aromatic nitrogens is 5. The van der Waals surface area contributed by atoms with E-state index in [0.29, 0.717) is 36.0 Å². The number of oxazole rings is 1. The minimum Gasteiger partial charge on any atom is -0.496 e. The van der Waals surface area contributed by atoms with Crippen LogP contribution in [0.4, 0.5) is 5.82 Å². The molecule has 192 valence electrons. The molecule has 37 heavy (non-hydrogen) atoms. The third-order valence-electron chi connectivity index (χ3n) is 6.07. The van der Waals surface area contributed by atoms with Crippen molar-refractivity contribution in [3.63, 3.8) is 0 Å². The fraction of sp³-hybridized carbons (Fsp3) is 0.259. The number of rotatable bonds is 10. The Balaban J connectivity index is 1.54. The summed E-state index contributed by atoms with van der Waals surface area (Å²) in [6.45, 7) is 2.42. The maximum atomic E-state index is 5.58. The van der Waals surface area contributed by atoms with E-state index in [1.54, 1.807) is 20.4 Å². The molecule has 0 atom stereocenters. The van der Waals surface area contributed by atoms with Gasteiger partial charge < -0.3 is 9.47 Å². The van der Waals surface area contributed by atoms with Crippen molar-refractivity contribution in [1.82, 2.24) is 24.6 Å². The van der Waals surface area contributed by atoms with Crippen LogP contribution in [-0.4, -0.2) is 43.7 Å². The Morgan fingerprint density at radius 3 is 2.59 bits per heavy atom. The van der Waals surface area contributed by atoms with E-state index in [1.807, 2.05) is 29.6 Å². The Labute approximate surface area is 225 Å². The van der Waals surface area contributed by atoms with Gasteiger partial charge in [-0.2, -0.15) is 0 Å². The summed E-state index contributed by atoms with van der Waals surface area (Å²) in [6.07, 6.45) is 3.80. The molecule has 5 aromatic rings. The van der Waals surface area contributed by atoms with Crippen LogP contribution in [0, 0.1) is 6.92 Å². The SMILES string of the molecule is COc1ccc(CNc2nc(-c3ncco3)c(C)n3nc(Cc4ccccc4C[I-]C)nc23)c(OC)c1. The van der Waals surface area contributed by atoms with E-state index in [1.165, 1.54) is 17.4 Å². The van der Waals surface area contributed by atoms with Crippen LogP contribution in [0.15, 0.2) is 59.3 Å². The molecule has 0 aliphatic rings. The number of anilines is 1. The Morgan fingerprint density at radius 2 is 1.86 bits per heavy atom. The molecule has 0 radical (unpaired) electrons. The summed E-state index contributed by atoms with van der Waals surface area (Å²) in [6, 6.07) is 14.3. The molecule has 0 unspecified atom stereocenters. The van der Waals surface area contributed by atoms with E-state index >= 15 is 0 Å². The molecular formula is C27H28IN6O3-. The van der Waals surface area contributed by atoms with Gasteiger partial charge in [0.05, 0.1) is 14.2 Å². The molecule has 0 aliphatic heterocycles. The van der Waals surface area contributed by atoms with Gasteiger partial charge in [0.2, 0.25) is 0 Å². The van der Waals surface area contributed by atoms with Gasteiger partial charge in [-0.25, -0.2) is 0 Å². The van der Waals surface area contributed by atoms with Crippen molar-refractivity contribution in [2.24, 2.45) is 0 Å². The number of ether oxygens (including phenoxy) is 2. The first-order valence-electron chi connectivity index (χ1n) is 11.7. The van der Waals surface area contributed by atoms with E-state index < -0.39 is 0 Å². The van der Waals surface area contributed by atoms with Crippen LogP contribution < -0.4 is 36.0 Å². The number of benzene rings is 2. The fourth-order valence-corrected chi connectivity index (χ4v) is 5.74. The molecular weight excluding hydrogens is 583 g/mol. The quantitative estimate of drug-likeness (QED) is 0.188. The van der Waals surface area contributed by atoms with Crippen LogP contribution in [0.1, 0.15) is 28.2 Å². The maximum absolute atomic E-state index is 5.58. The third-order valence-corrected chi connectivity index (χ3v) is 7.65.